The number of halogens is 3. The van der Waals surface area contributed by atoms with Crippen LogP contribution < -0.4 is 9.80 Å². The van der Waals surface area contributed by atoms with Gasteiger partial charge in [0.15, 0.2) is 5.82 Å². The monoisotopic (exact) mass is 622 g/mol. The van der Waals surface area contributed by atoms with Gasteiger partial charge in [-0.1, -0.05) is 12.1 Å². The molecule has 2 N–H and O–H groups in total. The number of carbonyl (C=O) groups excluding carboxylic acids is 1. The van der Waals surface area contributed by atoms with Gasteiger partial charge in [0, 0.05) is 60.9 Å². The zero-order valence-electron chi connectivity index (χ0n) is 25.3. The average molecular weight is 623 g/mol. The summed E-state index contributed by atoms with van der Waals surface area (Å²) >= 11 is 0. The number of piperidine rings is 2. The zero-order valence-corrected chi connectivity index (χ0v) is 25.3. The van der Waals surface area contributed by atoms with Gasteiger partial charge < -0.3 is 24.8 Å². The third kappa shape index (κ3) is 7.80. The number of aromatic amines is 1. The smallest absolute Gasteiger partial charge is 0.475 e. The number of hydrogen-bond acceptors (Lipinski definition) is 7. The van der Waals surface area contributed by atoms with Gasteiger partial charge in [0.05, 0.1) is 16.7 Å². The molecule has 12 heteroatoms. The van der Waals surface area contributed by atoms with Crippen LogP contribution in [-0.4, -0.2) is 89.2 Å². The number of nitrogens with one attached hydrogen (secondary N) is 1. The van der Waals surface area contributed by atoms with E-state index < -0.39 is 12.1 Å². The molecule has 0 unspecified atom stereocenters. The molecule has 2 aromatic carbocycles. The SMILES string of the molecule is CN(C)C1CCN(c2ccc3nc(C(=O)c4ccnc(-c5ccc(N6CCCCC6)cc5)c4)[nH]c3c2)CC1.O=C(O)C(F)(F)F. The van der Waals surface area contributed by atoms with Gasteiger partial charge in [-0.2, -0.15) is 13.2 Å². The molecule has 0 atom stereocenters. The highest BCUT2D eigenvalue weighted by Gasteiger charge is 2.38. The normalized spacial score (nSPS) is 16.0. The van der Waals surface area contributed by atoms with E-state index in [9.17, 15) is 18.0 Å². The summed E-state index contributed by atoms with van der Waals surface area (Å²) in [5.41, 5.74) is 6.51. The number of fused-ring (bicyclic) bond motifs is 1. The van der Waals surface area contributed by atoms with Gasteiger partial charge >= 0.3 is 12.1 Å². The number of carboxylic acids is 1. The van der Waals surface area contributed by atoms with Crippen LogP contribution in [0.3, 0.4) is 0 Å². The van der Waals surface area contributed by atoms with Crippen molar-refractivity contribution in [1.82, 2.24) is 19.9 Å². The van der Waals surface area contributed by atoms with E-state index in [1.165, 1.54) is 30.6 Å². The van der Waals surface area contributed by atoms with Crippen molar-refractivity contribution in [2.24, 2.45) is 0 Å². The molecule has 45 heavy (non-hydrogen) atoms. The fourth-order valence-corrected chi connectivity index (χ4v) is 5.80. The Labute approximate surface area is 259 Å². The minimum atomic E-state index is -5.08. The van der Waals surface area contributed by atoms with Crippen LogP contribution in [0.4, 0.5) is 24.5 Å². The van der Waals surface area contributed by atoms with E-state index in [0.717, 1.165) is 61.3 Å². The number of pyridine rings is 1. The summed E-state index contributed by atoms with van der Waals surface area (Å²) in [6.07, 6.45) is 2.77. The molecule has 0 radical (unpaired) electrons. The molecule has 0 saturated carbocycles. The quantitative estimate of drug-likeness (QED) is 0.252. The lowest BCUT2D eigenvalue weighted by Gasteiger charge is -2.36. The Bertz CT molecular complexity index is 1620. The second kappa shape index (κ2) is 13.7. The van der Waals surface area contributed by atoms with E-state index in [-0.39, 0.29) is 5.78 Å². The Hall–Kier alpha value is -4.45. The van der Waals surface area contributed by atoms with E-state index >= 15 is 0 Å². The van der Waals surface area contributed by atoms with Crippen molar-refractivity contribution < 1.29 is 27.9 Å². The number of ketones is 1. The third-order valence-electron chi connectivity index (χ3n) is 8.39. The number of carboxylic acid groups (broad SMARTS) is 1. The molecule has 4 heterocycles. The fourth-order valence-electron chi connectivity index (χ4n) is 5.80. The zero-order chi connectivity index (χ0) is 32.1. The first kappa shape index (κ1) is 32.0. The number of carbonyl (C=O) groups is 2. The summed E-state index contributed by atoms with van der Waals surface area (Å²) in [5, 5.41) is 7.12. The first-order valence-corrected chi connectivity index (χ1v) is 15.1. The van der Waals surface area contributed by atoms with Crippen LogP contribution in [0.2, 0.25) is 0 Å². The highest BCUT2D eigenvalue weighted by Crippen LogP contribution is 2.27. The summed E-state index contributed by atoms with van der Waals surface area (Å²) in [6, 6.07) is 19.1. The van der Waals surface area contributed by atoms with Crippen molar-refractivity contribution in [2.75, 3.05) is 50.1 Å². The van der Waals surface area contributed by atoms with Crippen LogP contribution in [-0.2, 0) is 4.79 Å². The third-order valence-corrected chi connectivity index (χ3v) is 8.39. The van der Waals surface area contributed by atoms with Crippen molar-refractivity contribution in [3.63, 3.8) is 0 Å². The van der Waals surface area contributed by atoms with Crippen LogP contribution in [0.1, 0.15) is 48.3 Å². The standard InChI is InChI=1S/C31H36N6O.C2HF3O2/c1-35(2)24-13-18-37(19-14-24)26-10-11-27-29(21-26)34-31(33-27)30(38)23-12-15-32-28(20-23)22-6-8-25(9-7-22)36-16-4-3-5-17-36;3-2(4,5)1(6)7/h6-12,15,20-21,24H,3-5,13-14,16-19H2,1-2H3,(H,33,34);(H,6,7). The van der Waals surface area contributed by atoms with E-state index in [1.54, 1.807) is 12.3 Å². The van der Waals surface area contributed by atoms with Crippen LogP contribution >= 0.6 is 0 Å². The van der Waals surface area contributed by atoms with Crippen LogP contribution in [0.15, 0.2) is 60.8 Å². The lowest BCUT2D eigenvalue weighted by atomic mass is 10.0. The predicted molar refractivity (Wildman–Crippen MR) is 168 cm³/mol. The molecule has 2 saturated heterocycles. The lowest BCUT2D eigenvalue weighted by Crippen LogP contribution is -2.41. The molecule has 2 fully saturated rings. The number of alkyl halides is 3. The second-order valence-corrected chi connectivity index (χ2v) is 11.6. The van der Waals surface area contributed by atoms with Crippen molar-refractivity contribution in [1.29, 1.82) is 0 Å². The summed E-state index contributed by atoms with van der Waals surface area (Å²) in [7, 11) is 4.32. The van der Waals surface area contributed by atoms with Gasteiger partial charge in [-0.3, -0.25) is 9.78 Å². The minimum Gasteiger partial charge on any atom is -0.475 e. The van der Waals surface area contributed by atoms with Crippen LogP contribution in [0.5, 0.6) is 0 Å². The maximum absolute atomic E-state index is 13.4. The number of aromatic nitrogens is 3. The molecular weight excluding hydrogens is 585 g/mol. The average Bonchev–Trinajstić information content (AvgIpc) is 3.48. The Balaban J connectivity index is 0.000000515. The molecule has 9 nitrogen and oxygen atoms in total. The number of benzene rings is 2. The minimum absolute atomic E-state index is 0.122. The van der Waals surface area contributed by atoms with Crippen LogP contribution in [0.25, 0.3) is 22.3 Å². The van der Waals surface area contributed by atoms with Crippen molar-refractivity contribution >= 4 is 34.2 Å². The Morgan fingerprint density at radius 1 is 0.889 bits per heavy atom. The molecule has 4 aromatic rings. The largest absolute Gasteiger partial charge is 0.490 e. The molecule has 0 amide bonds. The number of aliphatic carboxylic acids is 1. The Morgan fingerprint density at radius 3 is 2.13 bits per heavy atom. The number of anilines is 2. The van der Waals surface area contributed by atoms with Gasteiger partial charge in [-0.15, -0.1) is 0 Å². The fraction of sp³-hybridized carbons (Fsp3) is 0.394. The molecule has 2 aliphatic heterocycles. The number of imidazole rings is 1. The van der Waals surface area contributed by atoms with Gasteiger partial charge in [0.1, 0.15) is 0 Å². The first-order chi connectivity index (χ1) is 21.5. The Kier molecular flexibility index (Phi) is 9.71. The number of rotatable bonds is 6. The highest BCUT2D eigenvalue weighted by atomic mass is 19.4. The van der Waals surface area contributed by atoms with Gasteiger partial charge in [0.2, 0.25) is 5.78 Å². The summed E-state index contributed by atoms with van der Waals surface area (Å²) in [6.45, 7) is 4.31. The number of H-pyrrole nitrogens is 1. The first-order valence-electron chi connectivity index (χ1n) is 15.1. The van der Waals surface area contributed by atoms with E-state index in [2.05, 4.69) is 80.1 Å². The lowest BCUT2D eigenvalue weighted by molar-refractivity contribution is -0.192. The maximum atomic E-state index is 13.4. The van der Waals surface area contributed by atoms with Crippen molar-refractivity contribution in [3.05, 3.63) is 72.2 Å². The number of hydrogen-bond donors (Lipinski definition) is 2. The van der Waals surface area contributed by atoms with E-state index in [1.807, 2.05) is 12.1 Å². The van der Waals surface area contributed by atoms with Gasteiger partial charge in [0.25, 0.3) is 0 Å². The summed E-state index contributed by atoms with van der Waals surface area (Å²) < 4.78 is 31.7. The Morgan fingerprint density at radius 2 is 1.51 bits per heavy atom. The molecule has 2 aliphatic rings. The molecule has 0 spiro atoms. The number of nitrogens with zero attached hydrogens (tertiary/aromatic N) is 5. The molecular formula is C33H37F3N6O3. The van der Waals surface area contributed by atoms with Crippen molar-refractivity contribution in [2.45, 2.75) is 44.3 Å². The molecule has 238 valence electrons. The topological polar surface area (TPSA) is 106 Å². The molecule has 6 rings (SSSR count). The van der Waals surface area contributed by atoms with Crippen LogP contribution in [0, 0.1) is 0 Å². The van der Waals surface area contributed by atoms with E-state index in [4.69, 9.17) is 9.90 Å². The maximum Gasteiger partial charge on any atom is 0.490 e. The highest BCUT2D eigenvalue weighted by molar-refractivity contribution is 6.08. The van der Waals surface area contributed by atoms with E-state index in [0.29, 0.717) is 17.4 Å². The summed E-state index contributed by atoms with van der Waals surface area (Å²) in [4.78, 5) is 41.9. The molecule has 0 aliphatic carbocycles. The molecule has 0 bridgehead atoms. The predicted octanol–water partition coefficient (Wildman–Crippen LogP) is 6.01. The van der Waals surface area contributed by atoms with Crippen molar-refractivity contribution in [3.8, 4) is 11.3 Å². The summed E-state index contributed by atoms with van der Waals surface area (Å²) in [5.74, 6) is -2.52. The molecule has 2 aromatic heterocycles. The second-order valence-electron chi connectivity index (χ2n) is 11.6. The van der Waals surface area contributed by atoms with Gasteiger partial charge in [-0.25, -0.2) is 9.78 Å². The van der Waals surface area contributed by atoms with Gasteiger partial charge in [-0.05, 0) is 88.7 Å².